The van der Waals surface area contributed by atoms with E-state index in [0.717, 1.165) is 5.96 Å². The number of aliphatic imine (C=N–C) groups is 1. The molecule has 0 heterocycles. The van der Waals surface area contributed by atoms with Gasteiger partial charge in [-0.2, -0.15) is 0 Å². The summed E-state index contributed by atoms with van der Waals surface area (Å²) in [6.07, 6.45) is 3.87. The van der Waals surface area contributed by atoms with E-state index in [0.29, 0.717) is 18.0 Å². The van der Waals surface area contributed by atoms with Gasteiger partial charge < -0.3 is 10.6 Å². The summed E-state index contributed by atoms with van der Waals surface area (Å²) in [5.74, 6) is 1.39. The van der Waals surface area contributed by atoms with Crippen LogP contribution in [0.2, 0.25) is 0 Å². The van der Waals surface area contributed by atoms with E-state index in [1.165, 1.54) is 24.8 Å². The first kappa shape index (κ1) is 13.9. The molecular formula is C16H25N3. The van der Waals surface area contributed by atoms with Crippen LogP contribution in [0.3, 0.4) is 0 Å². The van der Waals surface area contributed by atoms with Crippen molar-refractivity contribution in [3.8, 4) is 0 Å². The highest BCUT2D eigenvalue weighted by Gasteiger charge is 2.20. The SMILES string of the molecule is CN=C(NC1CCC1)NC(C)C(C)c1ccccc1. The number of nitrogens with one attached hydrogen (secondary N) is 2. The van der Waals surface area contributed by atoms with Crippen LogP contribution in [0.25, 0.3) is 0 Å². The van der Waals surface area contributed by atoms with Gasteiger partial charge in [0, 0.05) is 25.0 Å². The van der Waals surface area contributed by atoms with Crippen LogP contribution < -0.4 is 10.6 Å². The summed E-state index contributed by atoms with van der Waals surface area (Å²) in [6.45, 7) is 4.47. The van der Waals surface area contributed by atoms with Gasteiger partial charge in [-0.25, -0.2) is 0 Å². The van der Waals surface area contributed by atoms with Gasteiger partial charge in [-0.05, 0) is 31.7 Å². The number of benzene rings is 1. The minimum absolute atomic E-state index is 0.355. The van der Waals surface area contributed by atoms with Gasteiger partial charge in [-0.3, -0.25) is 4.99 Å². The van der Waals surface area contributed by atoms with E-state index in [4.69, 9.17) is 0 Å². The van der Waals surface area contributed by atoms with E-state index < -0.39 is 0 Å². The largest absolute Gasteiger partial charge is 0.354 e. The first-order chi connectivity index (χ1) is 9.20. The van der Waals surface area contributed by atoms with Gasteiger partial charge in [0.25, 0.3) is 0 Å². The molecule has 0 radical (unpaired) electrons. The number of rotatable bonds is 4. The molecule has 1 aromatic carbocycles. The van der Waals surface area contributed by atoms with Crippen molar-refractivity contribution in [2.75, 3.05) is 7.05 Å². The van der Waals surface area contributed by atoms with E-state index >= 15 is 0 Å². The van der Waals surface area contributed by atoms with Gasteiger partial charge in [-0.1, -0.05) is 37.3 Å². The highest BCUT2D eigenvalue weighted by atomic mass is 15.2. The molecule has 1 aromatic rings. The van der Waals surface area contributed by atoms with Crippen molar-refractivity contribution in [2.45, 2.75) is 51.1 Å². The van der Waals surface area contributed by atoms with Crippen molar-refractivity contribution in [3.05, 3.63) is 35.9 Å². The quantitative estimate of drug-likeness (QED) is 0.644. The molecule has 0 saturated heterocycles. The molecule has 2 rings (SSSR count). The van der Waals surface area contributed by atoms with Gasteiger partial charge in [0.15, 0.2) is 5.96 Å². The van der Waals surface area contributed by atoms with E-state index in [2.05, 4.69) is 59.8 Å². The first-order valence-electron chi connectivity index (χ1n) is 7.25. The molecule has 0 spiro atoms. The molecule has 19 heavy (non-hydrogen) atoms. The van der Waals surface area contributed by atoms with Gasteiger partial charge in [0.2, 0.25) is 0 Å². The summed E-state index contributed by atoms with van der Waals surface area (Å²) in [7, 11) is 1.84. The van der Waals surface area contributed by atoms with Crippen LogP contribution >= 0.6 is 0 Å². The molecule has 0 bridgehead atoms. The lowest BCUT2D eigenvalue weighted by Gasteiger charge is -2.30. The molecule has 3 nitrogen and oxygen atoms in total. The maximum Gasteiger partial charge on any atom is 0.191 e. The second-order valence-corrected chi connectivity index (χ2v) is 5.48. The van der Waals surface area contributed by atoms with Crippen LogP contribution in [-0.2, 0) is 0 Å². The molecule has 104 valence electrons. The summed E-state index contributed by atoms with van der Waals surface area (Å²) in [5.41, 5.74) is 1.36. The van der Waals surface area contributed by atoms with E-state index in [1.54, 1.807) is 0 Å². The second kappa shape index (κ2) is 6.60. The summed E-state index contributed by atoms with van der Waals surface area (Å²) >= 11 is 0. The van der Waals surface area contributed by atoms with Gasteiger partial charge in [0.1, 0.15) is 0 Å². The minimum atomic E-state index is 0.355. The fourth-order valence-corrected chi connectivity index (χ4v) is 2.30. The van der Waals surface area contributed by atoms with Crippen molar-refractivity contribution in [1.82, 2.24) is 10.6 Å². The minimum Gasteiger partial charge on any atom is -0.354 e. The van der Waals surface area contributed by atoms with Crippen molar-refractivity contribution < 1.29 is 0 Å². The molecule has 2 N–H and O–H groups in total. The Hall–Kier alpha value is -1.51. The highest BCUT2D eigenvalue weighted by Crippen LogP contribution is 2.20. The van der Waals surface area contributed by atoms with Gasteiger partial charge in [-0.15, -0.1) is 0 Å². The fraction of sp³-hybridized carbons (Fsp3) is 0.562. The van der Waals surface area contributed by atoms with Crippen molar-refractivity contribution in [1.29, 1.82) is 0 Å². The number of guanidine groups is 1. The lowest BCUT2D eigenvalue weighted by molar-refractivity contribution is 0.377. The standard InChI is InChI=1S/C16H25N3/c1-12(14-8-5-4-6-9-14)13(2)18-16(17-3)19-15-10-7-11-15/h4-6,8-9,12-13,15H,7,10-11H2,1-3H3,(H2,17,18,19). The zero-order valence-corrected chi connectivity index (χ0v) is 12.2. The molecular weight excluding hydrogens is 234 g/mol. The Bertz CT molecular complexity index is 409. The Morgan fingerprint density at radius 1 is 1.21 bits per heavy atom. The topological polar surface area (TPSA) is 36.4 Å². The van der Waals surface area contributed by atoms with Crippen LogP contribution in [-0.4, -0.2) is 25.1 Å². The molecule has 0 aromatic heterocycles. The maximum atomic E-state index is 4.32. The number of hydrogen-bond donors (Lipinski definition) is 2. The highest BCUT2D eigenvalue weighted by molar-refractivity contribution is 5.80. The van der Waals surface area contributed by atoms with Crippen LogP contribution in [0.4, 0.5) is 0 Å². The monoisotopic (exact) mass is 259 g/mol. The van der Waals surface area contributed by atoms with Crippen LogP contribution in [0.1, 0.15) is 44.6 Å². The molecule has 3 heteroatoms. The second-order valence-electron chi connectivity index (χ2n) is 5.48. The normalized spacial score (nSPS) is 19.4. The van der Waals surface area contributed by atoms with Crippen molar-refractivity contribution in [3.63, 3.8) is 0 Å². The first-order valence-corrected chi connectivity index (χ1v) is 7.25. The zero-order valence-electron chi connectivity index (χ0n) is 12.2. The third-order valence-electron chi connectivity index (χ3n) is 4.11. The summed E-state index contributed by atoms with van der Waals surface area (Å²) in [6, 6.07) is 11.6. The maximum absolute atomic E-state index is 4.32. The Balaban J connectivity index is 1.89. The lowest BCUT2D eigenvalue weighted by atomic mass is 9.93. The molecule has 1 aliphatic carbocycles. The summed E-state index contributed by atoms with van der Waals surface area (Å²) in [4.78, 5) is 4.32. The number of hydrogen-bond acceptors (Lipinski definition) is 1. The summed E-state index contributed by atoms with van der Waals surface area (Å²) < 4.78 is 0. The smallest absolute Gasteiger partial charge is 0.191 e. The van der Waals surface area contributed by atoms with E-state index in [-0.39, 0.29) is 0 Å². The van der Waals surface area contributed by atoms with Gasteiger partial charge >= 0.3 is 0 Å². The molecule has 2 unspecified atom stereocenters. The lowest BCUT2D eigenvalue weighted by Crippen LogP contribution is -2.49. The third kappa shape index (κ3) is 3.72. The Morgan fingerprint density at radius 3 is 2.42 bits per heavy atom. The fourth-order valence-electron chi connectivity index (χ4n) is 2.30. The third-order valence-corrected chi connectivity index (χ3v) is 4.11. The van der Waals surface area contributed by atoms with Gasteiger partial charge in [0.05, 0.1) is 0 Å². The van der Waals surface area contributed by atoms with E-state index in [1.807, 2.05) is 7.05 Å². The zero-order chi connectivity index (χ0) is 13.7. The molecule has 2 atom stereocenters. The molecule has 1 aliphatic rings. The molecule has 0 amide bonds. The molecule has 0 aliphatic heterocycles. The van der Waals surface area contributed by atoms with E-state index in [9.17, 15) is 0 Å². The Kier molecular flexibility index (Phi) is 4.83. The molecule has 1 fully saturated rings. The van der Waals surface area contributed by atoms with Crippen molar-refractivity contribution >= 4 is 5.96 Å². The van der Waals surface area contributed by atoms with Crippen LogP contribution in [0.5, 0.6) is 0 Å². The summed E-state index contributed by atoms with van der Waals surface area (Å²) in [5, 5.41) is 6.98. The average Bonchev–Trinajstić information content (AvgIpc) is 2.41. The predicted molar refractivity (Wildman–Crippen MR) is 81.6 cm³/mol. The predicted octanol–water partition coefficient (Wildman–Crippen LogP) is 2.90. The Labute approximate surface area is 116 Å². The number of nitrogens with zero attached hydrogens (tertiary/aromatic N) is 1. The van der Waals surface area contributed by atoms with Crippen LogP contribution in [0.15, 0.2) is 35.3 Å². The Morgan fingerprint density at radius 2 is 1.89 bits per heavy atom. The van der Waals surface area contributed by atoms with Crippen LogP contribution in [0, 0.1) is 0 Å². The average molecular weight is 259 g/mol. The molecule has 1 saturated carbocycles. The van der Waals surface area contributed by atoms with Crippen molar-refractivity contribution in [2.24, 2.45) is 4.99 Å².